The molecule has 31 nitrogen and oxygen atoms in total. The summed E-state index contributed by atoms with van der Waals surface area (Å²) in [5.74, 6) is -4.09. The van der Waals surface area contributed by atoms with E-state index in [2.05, 4.69) is 27.1 Å². The van der Waals surface area contributed by atoms with Gasteiger partial charge in [-0.05, 0) is 141 Å². The van der Waals surface area contributed by atoms with E-state index in [1.165, 1.54) is 126 Å². The second kappa shape index (κ2) is 38.4. The van der Waals surface area contributed by atoms with Crippen LogP contribution in [0.5, 0.6) is 11.5 Å². The van der Waals surface area contributed by atoms with E-state index in [0.29, 0.717) is 32.8 Å². The zero-order chi connectivity index (χ0) is 86.4. The van der Waals surface area contributed by atoms with Crippen LogP contribution in [-0.4, -0.2) is 140 Å². The average molecular weight is 1710 g/mol. The van der Waals surface area contributed by atoms with E-state index in [9.17, 15) is 44.6 Å². The molecule has 8 aromatic carbocycles. The maximum atomic E-state index is 17.0. The van der Waals surface area contributed by atoms with Gasteiger partial charge in [-0.15, -0.1) is 0 Å². The van der Waals surface area contributed by atoms with Crippen LogP contribution in [0.15, 0.2) is 265 Å². The molecule has 0 radical (unpaired) electrons. The van der Waals surface area contributed by atoms with Gasteiger partial charge in [0.15, 0.2) is 41.6 Å². The molecule has 0 spiro atoms. The first-order chi connectivity index (χ1) is 58.8. The van der Waals surface area contributed by atoms with Crippen molar-refractivity contribution in [3.63, 3.8) is 0 Å². The zero-order valence-corrected chi connectivity index (χ0v) is 69.1. The SMILES string of the molecule is COc1ccc(C(OC[C@H]2O[C@@H](n3ccc(=O)n(C(=O)c4ccccc4)c3=O)[C@H](OP(=S)(OC(C)(C)CC#N)OC(C)(C)CC#N)[C@@H]2OP(=O)(OCCC#N)OC[C@H]2O[C@@H](n3cnc4c(N(C(=O)c5ccccc5)C(=O)c5ccccc5)ncnc43)[C@H](OC(=O)c3ccccc3)[C@@H]2OC(=O)c2ccccc2)(c2ccccc2)c2ccc(OC)cc2)cc1. The number of fused-ring (bicyclic) bond motifs is 1. The lowest BCUT2D eigenvalue weighted by atomic mass is 9.80. The summed E-state index contributed by atoms with van der Waals surface area (Å²) >= 11 is 6.42. The number of hydrogen-bond donors (Lipinski definition) is 0. The summed E-state index contributed by atoms with van der Waals surface area (Å²) in [5.41, 5.74) is -6.12. The fourth-order valence-electron chi connectivity index (χ4n) is 13.8. The highest BCUT2D eigenvalue weighted by atomic mass is 32.5. The van der Waals surface area contributed by atoms with Crippen LogP contribution in [0.2, 0.25) is 0 Å². The number of phosphoric acid groups is 1. The number of phosphoric ester groups is 1. The van der Waals surface area contributed by atoms with Crippen LogP contribution in [0.25, 0.3) is 11.2 Å². The molecule has 1 unspecified atom stereocenters. The second-order valence-corrected chi connectivity index (χ2v) is 33.3. The molecule has 13 rings (SSSR count). The van der Waals surface area contributed by atoms with Gasteiger partial charge in [-0.2, -0.15) is 20.4 Å². The van der Waals surface area contributed by atoms with Gasteiger partial charge in [0, 0.05) is 29.0 Å². The van der Waals surface area contributed by atoms with Crippen LogP contribution < -0.4 is 25.6 Å². The Balaban J connectivity index is 0.993. The van der Waals surface area contributed by atoms with Crippen LogP contribution in [0, 0.1) is 34.0 Å². The summed E-state index contributed by atoms with van der Waals surface area (Å²) in [6.07, 6.45) is -13.3. The number of rotatable bonds is 34. The predicted octanol–water partition coefficient (Wildman–Crippen LogP) is 13.8. The van der Waals surface area contributed by atoms with E-state index in [-0.39, 0.29) is 57.6 Å². The molecule has 34 heteroatoms. The van der Waals surface area contributed by atoms with Gasteiger partial charge in [0.25, 0.3) is 23.3 Å². The maximum Gasteiger partial charge on any atom is 0.475 e. The third-order valence-electron chi connectivity index (χ3n) is 19.6. The Labute approximate surface area is 704 Å². The van der Waals surface area contributed by atoms with Crippen LogP contribution >= 0.6 is 14.5 Å². The molecular formula is C88H80N10O21P2S. The van der Waals surface area contributed by atoms with Crippen LogP contribution in [0.4, 0.5) is 5.82 Å². The van der Waals surface area contributed by atoms with Crippen LogP contribution in [0.1, 0.15) is 128 Å². The Kier molecular flexibility index (Phi) is 27.4. The Hall–Kier alpha value is -12.7. The molecule has 0 bridgehead atoms. The van der Waals surface area contributed by atoms with Gasteiger partial charge >= 0.3 is 32.2 Å². The lowest BCUT2D eigenvalue weighted by Crippen LogP contribution is -2.46. The molecule has 3 aromatic heterocycles. The van der Waals surface area contributed by atoms with E-state index in [1.807, 2.05) is 6.07 Å². The van der Waals surface area contributed by atoms with E-state index in [1.54, 1.807) is 158 Å². The number of ether oxygens (including phenoxy) is 7. The molecule has 2 aliphatic heterocycles. The first kappa shape index (κ1) is 87.2. The Bertz CT molecular complexity index is 5810. The minimum atomic E-state index is -5.69. The molecule has 2 aliphatic rings. The molecule has 122 heavy (non-hydrogen) atoms. The van der Waals surface area contributed by atoms with Crippen molar-refractivity contribution in [2.45, 2.75) is 113 Å². The molecule has 2 saturated heterocycles. The number of imidazole rings is 1. The van der Waals surface area contributed by atoms with Crippen molar-refractivity contribution in [3.8, 4) is 29.7 Å². The highest BCUT2D eigenvalue weighted by Crippen LogP contribution is 2.62. The fraction of sp³-hybridized carbons (Fsp3) is 0.261. The Morgan fingerprint density at radius 1 is 0.516 bits per heavy atom. The van der Waals surface area contributed by atoms with Gasteiger partial charge in [0.1, 0.15) is 47.8 Å². The van der Waals surface area contributed by atoms with E-state index in [0.717, 1.165) is 28.1 Å². The van der Waals surface area contributed by atoms with E-state index < -0.39 is 148 Å². The Morgan fingerprint density at radius 3 is 1.47 bits per heavy atom. The summed E-state index contributed by atoms with van der Waals surface area (Å²) in [7, 11) is -2.70. The van der Waals surface area contributed by atoms with Crippen LogP contribution in [0.3, 0.4) is 0 Å². The number of imide groups is 1. The minimum absolute atomic E-state index is 0.00585. The molecule has 5 heterocycles. The first-order valence-corrected chi connectivity index (χ1v) is 42.2. The third kappa shape index (κ3) is 19.5. The number of carbonyl (C=O) groups is 5. The van der Waals surface area contributed by atoms with Gasteiger partial charge in [-0.1, -0.05) is 146 Å². The lowest BCUT2D eigenvalue weighted by Gasteiger charge is -2.39. The smallest absolute Gasteiger partial charge is 0.475 e. The van der Waals surface area contributed by atoms with Crippen molar-refractivity contribution in [3.05, 3.63) is 321 Å². The monoisotopic (exact) mass is 1710 g/mol. The van der Waals surface area contributed by atoms with Crippen molar-refractivity contribution in [2.24, 2.45) is 0 Å². The van der Waals surface area contributed by atoms with Crippen molar-refractivity contribution < 1.29 is 88.8 Å². The van der Waals surface area contributed by atoms with Gasteiger partial charge in [0.05, 0.1) is 100 Å². The first-order valence-electron chi connectivity index (χ1n) is 38.1. The second-order valence-electron chi connectivity index (χ2n) is 28.9. The number of benzene rings is 8. The van der Waals surface area contributed by atoms with Gasteiger partial charge in [-0.3, -0.25) is 46.4 Å². The molecular weight excluding hydrogens is 1630 g/mol. The molecule has 11 aromatic rings. The molecule has 624 valence electrons. The number of nitriles is 3. The Morgan fingerprint density at radius 2 is 0.975 bits per heavy atom. The fourth-order valence-corrected chi connectivity index (χ4v) is 18.7. The normalized spacial score (nSPS) is 18.3. The van der Waals surface area contributed by atoms with Gasteiger partial charge in [-0.25, -0.2) is 38.8 Å². The van der Waals surface area contributed by atoms with Crippen LogP contribution in [-0.2, 0) is 72.8 Å². The maximum absolute atomic E-state index is 17.0. The number of methoxy groups -OCH3 is 2. The highest BCUT2D eigenvalue weighted by Gasteiger charge is 2.58. The van der Waals surface area contributed by atoms with Crippen molar-refractivity contribution in [1.82, 2.24) is 28.7 Å². The molecule has 0 saturated carbocycles. The standard InChI is InChI=1S/C88H80N10O21P2S/c1-86(2,47-50-90)118-121(122,119-87(3,4)48-51-91)117-75-73(68(112-82(75)95-52-46-70(99)97(85(95)105)78(100)58-26-13-7-14-27-58)54-109-88(63-36-23-12-24-37-63,64-38-42-66(107-5)43-39-64)65-40-44-67(108-6)45-41-65)116-120(106,110-53-25-49-89)111-55-69-72(114-83(103)61-32-19-10-20-33-61)74(115-84(104)62-34-21-11-22-35-62)81(113-69)96-57-94-71-76(96)92-56-93-77(71)98(79(101)59-28-15-8-16-29-59)80(102)60-30-17-9-18-31-60/h7-24,26-46,52,56-57,68-69,72-75,81-82H,25,47-48,53-55H2,1-6H3/t68-,69-,72-,73-,74-,75-,81-,82-,120?/m1/s1. The van der Waals surface area contributed by atoms with E-state index >= 15 is 9.36 Å². The topological polar surface area (TPSA) is 385 Å². The number of nitrogens with zero attached hydrogens (tertiary/aromatic N) is 10. The molecule has 0 N–H and O–H groups in total. The number of carbonyl (C=O) groups excluding carboxylic acids is 5. The summed E-state index contributed by atoms with van der Waals surface area (Å²) in [5, 5.41) is 30.8. The van der Waals surface area contributed by atoms with Crippen molar-refractivity contribution in [2.75, 3.05) is 38.9 Å². The number of esters is 2. The summed E-state index contributed by atoms with van der Waals surface area (Å²) in [6.45, 7) is -1.28. The minimum Gasteiger partial charge on any atom is -0.497 e. The zero-order valence-electron chi connectivity index (χ0n) is 66.5. The van der Waals surface area contributed by atoms with Gasteiger partial charge in [0.2, 0.25) is 0 Å². The molecule has 9 atom stereocenters. The number of hydrogen-bond acceptors (Lipinski definition) is 28. The third-order valence-corrected chi connectivity index (χ3v) is 23.7. The van der Waals surface area contributed by atoms with Gasteiger partial charge < -0.3 is 42.2 Å². The predicted molar refractivity (Wildman–Crippen MR) is 442 cm³/mol. The number of amides is 2. The van der Waals surface area contributed by atoms with E-state index in [4.69, 9.17) is 72.1 Å². The summed E-state index contributed by atoms with van der Waals surface area (Å²) < 4.78 is 105. The lowest BCUT2D eigenvalue weighted by molar-refractivity contribution is -0.0972. The summed E-state index contributed by atoms with van der Waals surface area (Å²) in [6, 6.07) is 68.4. The summed E-state index contributed by atoms with van der Waals surface area (Å²) in [4.78, 5) is 118. The average Bonchev–Trinajstić information content (AvgIpc) is 1.66. The molecule has 0 aliphatic carbocycles. The van der Waals surface area contributed by atoms with Crippen molar-refractivity contribution >= 4 is 73.0 Å². The largest absolute Gasteiger partial charge is 0.497 e. The molecule has 2 fully saturated rings. The highest BCUT2D eigenvalue weighted by molar-refractivity contribution is 8.07. The van der Waals surface area contributed by atoms with Crippen molar-refractivity contribution in [1.29, 1.82) is 15.8 Å². The number of anilines is 1. The quantitative estimate of drug-likeness (QED) is 0.0119. The number of aromatic nitrogens is 6. The molecule has 2 amide bonds.